The molecule has 6 heteroatoms. The van der Waals surface area contributed by atoms with Crippen LogP contribution in [0.15, 0.2) is 18.2 Å². The molecular formula is C12H16F4N2. The van der Waals surface area contributed by atoms with E-state index in [1.165, 1.54) is 0 Å². The van der Waals surface area contributed by atoms with Crippen LogP contribution in [0.3, 0.4) is 0 Å². The van der Waals surface area contributed by atoms with Gasteiger partial charge in [0.05, 0.1) is 5.56 Å². The highest BCUT2D eigenvalue weighted by Crippen LogP contribution is 2.34. The highest BCUT2D eigenvalue weighted by molar-refractivity contribution is 5.33. The smallest absolute Gasteiger partial charge is 0.329 e. The Kier molecular flexibility index (Phi) is 5.10. The zero-order valence-corrected chi connectivity index (χ0v) is 10.0. The molecule has 0 saturated carbocycles. The van der Waals surface area contributed by atoms with E-state index in [-0.39, 0.29) is 12.1 Å². The van der Waals surface area contributed by atoms with Gasteiger partial charge in [0.2, 0.25) is 0 Å². The summed E-state index contributed by atoms with van der Waals surface area (Å²) >= 11 is 0. The molecule has 0 saturated heterocycles. The predicted octanol–water partition coefficient (Wildman–Crippen LogP) is 2.84. The second-order valence-electron chi connectivity index (χ2n) is 3.97. The van der Waals surface area contributed by atoms with Crippen LogP contribution in [-0.4, -0.2) is 13.1 Å². The van der Waals surface area contributed by atoms with E-state index in [1.807, 2.05) is 6.92 Å². The average Bonchev–Trinajstić information content (AvgIpc) is 2.30. The van der Waals surface area contributed by atoms with E-state index in [0.29, 0.717) is 12.6 Å². The fourth-order valence-electron chi connectivity index (χ4n) is 1.72. The Labute approximate surface area is 103 Å². The average molecular weight is 264 g/mol. The summed E-state index contributed by atoms with van der Waals surface area (Å²) in [5, 5.41) is 2.92. The summed E-state index contributed by atoms with van der Waals surface area (Å²) in [7, 11) is 0. The fourth-order valence-corrected chi connectivity index (χ4v) is 1.72. The Morgan fingerprint density at radius 1 is 1.33 bits per heavy atom. The standard InChI is InChI=1S/C12H16F4N2/c1-2-5-18-11(7-17)9-4-3-8(13)6-10(9)12(14,15)16/h3-4,6,11,18H,2,5,7,17H2,1H3. The van der Waals surface area contributed by atoms with Crippen LogP contribution in [0, 0.1) is 5.82 Å². The normalized spacial score (nSPS) is 13.7. The summed E-state index contributed by atoms with van der Waals surface area (Å²) in [6, 6.07) is 2.03. The number of nitrogens with two attached hydrogens (primary N) is 1. The number of hydrogen-bond acceptors (Lipinski definition) is 2. The van der Waals surface area contributed by atoms with Crippen molar-refractivity contribution in [1.29, 1.82) is 0 Å². The molecule has 0 aliphatic heterocycles. The lowest BCUT2D eigenvalue weighted by molar-refractivity contribution is -0.138. The van der Waals surface area contributed by atoms with E-state index >= 15 is 0 Å². The van der Waals surface area contributed by atoms with Gasteiger partial charge in [0.25, 0.3) is 0 Å². The first-order valence-electron chi connectivity index (χ1n) is 5.70. The van der Waals surface area contributed by atoms with E-state index in [0.717, 1.165) is 18.6 Å². The van der Waals surface area contributed by atoms with Crippen LogP contribution in [0.25, 0.3) is 0 Å². The number of rotatable bonds is 5. The van der Waals surface area contributed by atoms with E-state index in [2.05, 4.69) is 5.32 Å². The van der Waals surface area contributed by atoms with Crippen LogP contribution >= 0.6 is 0 Å². The molecule has 3 N–H and O–H groups in total. The van der Waals surface area contributed by atoms with Crippen molar-refractivity contribution in [2.45, 2.75) is 25.6 Å². The van der Waals surface area contributed by atoms with Crippen molar-refractivity contribution in [3.8, 4) is 0 Å². The molecule has 18 heavy (non-hydrogen) atoms. The van der Waals surface area contributed by atoms with Crippen LogP contribution in [-0.2, 0) is 6.18 Å². The highest BCUT2D eigenvalue weighted by Gasteiger charge is 2.35. The maximum absolute atomic E-state index is 12.9. The predicted molar refractivity (Wildman–Crippen MR) is 61.5 cm³/mol. The minimum atomic E-state index is -4.58. The summed E-state index contributed by atoms with van der Waals surface area (Å²) < 4.78 is 51.4. The van der Waals surface area contributed by atoms with E-state index < -0.39 is 23.6 Å². The van der Waals surface area contributed by atoms with Crippen LogP contribution < -0.4 is 11.1 Å². The molecular weight excluding hydrogens is 248 g/mol. The zero-order chi connectivity index (χ0) is 13.8. The van der Waals surface area contributed by atoms with E-state index in [4.69, 9.17) is 5.73 Å². The molecule has 1 atom stereocenters. The van der Waals surface area contributed by atoms with Gasteiger partial charge in [-0.05, 0) is 30.7 Å². The molecule has 0 fully saturated rings. The largest absolute Gasteiger partial charge is 0.416 e. The first-order chi connectivity index (χ1) is 8.40. The Bertz CT molecular complexity index is 390. The second-order valence-corrected chi connectivity index (χ2v) is 3.97. The van der Waals surface area contributed by atoms with Crippen molar-refractivity contribution >= 4 is 0 Å². The van der Waals surface area contributed by atoms with Crippen molar-refractivity contribution in [3.63, 3.8) is 0 Å². The highest BCUT2D eigenvalue weighted by atomic mass is 19.4. The van der Waals surface area contributed by atoms with E-state index in [1.54, 1.807) is 0 Å². The van der Waals surface area contributed by atoms with Crippen molar-refractivity contribution in [3.05, 3.63) is 35.1 Å². The number of benzene rings is 1. The molecule has 0 radical (unpaired) electrons. The molecule has 0 spiro atoms. The molecule has 0 aliphatic carbocycles. The van der Waals surface area contributed by atoms with Crippen molar-refractivity contribution in [2.24, 2.45) is 5.73 Å². The fraction of sp³-hybridized carbons (Fsp3) is 0.500. The Balaban J connectivity index is 3.13. The van der Waals surface area contributed by atoms with Gasteiger partial charge in [-0.1, -0.05) is 13.0 Å². The van der Waals surface area contributed by atoms with Crippen molar-refractivity contribution < 1.29 is 17.6 Å². The van der Waals surface area contributed by atoms with Gasteiger partial charge in [-0.25, -0.2) is 4.39 Å². The third kappa shape index (κ3) is 3.68. The molecule has 102 valence electrons. The molecule has 1 aromatic carbocycles. The molecule has 0 heterocycles. The topological polar surface area (TPSA) is 38.0 Å². The first kappa shape index (κ1) is 14.9. The molecule has 2 nitrogen and oxygen atoms in total. The maximum atomic E-state index is 12.9. The van der Waals surface area contributed by atoms with Gasteiger partial charge in [-0.15, -0.1) is 0 Å². The van der Waals surface area contributed by atoms with Crippen LogP contribution in [0.1, 0.15) is 30.5 Å². The van der Waals surface area contributed by atoms with Gasteiger partial charge in [-0.2, -0.15) is 13.2 Å². The first-order valence-corrected chi connectivity index (χ1v) is 5.70. The lowest BCUT2D eigenvalue weighted by Gasteiger charge is -2.21. The number of hydrogen-bond donors (Lipinski definition) is 2. The third-order valence-electron chi connectivity index (χ3n) is 2.57. The summed E-state index contributed by atoms with van der Waals surface area (Å²) in [6.07, 6.45) is -3.81. The number of halogens is 4. The third-order valence-corrected chi connectivity index (χ3v) is 2.57. The van der Waals surface area contributed by atoms with Crippen LogP contribution in [0.4, 0.5) is 17.6 Å². The van der Waals surface area contributed by atoms with Crippen LogP contribution in [0.5, 0.6) is 0 Å². The van der Waals surface area contributed by atoms with Crippen LogP contribution in [0.2, 0.25) is 0 Å². The van der Waals surface area contributed by atoms with Gasteiger partial charge in [0, 0.05) is 12.6 Å². The lowest BCUT2D eigenvalue weighted by Crippen LogP contribution is -2.30. The van der Waals surface area contributed by atoms with Gasteiger partial charge in [0.1, 0.15) is 5.82 Å². The molecule has 0 aromatic heterocycles. The SMILES string of the molecule is CCCNC(CN)c1ccc(F)cc1C(F)(F)F. The Hall–Kier alpha value is -1.14. The maximum Gasteiger partial charge on any atom is 0.416 e. The summed E-state index contributed by atoms with van der Waals surface area (Å²) in [4.78, 5) is 0. The van der Waals surface area contributed by atoms with E-state index in [9.17, 15) is 17.6 Å². The van der Waals surface area contributed by atoms with Gasteiger partial charge in [0.15, 0.2) is 0 Å². The summed E-state index contributed by atoms with van der Waals surface area (Å²) in [5.74, 6) is -0.905. The minimum absolute atomic E-state index is 0.0140. The van der Waals surface area contributed by atoms with Crippen molar-refractivity contribution in [2.75, 3.05) is 13.1 Å². The molecule has 1 unspecified atom stereocenters. The summed E-state index contributed by atoms with van der Waals surface area (Å²) in [5.41, 5.74) is 4.49. The monoisotopic (exact) mass is 264 g/mol. The lowest BCUT2D eigenvalue weighted by atomic mass is 9.99. The quantitative estimate of drug-likeness (QED) is 0.802. The van der Waals surface area contributed by atoms with Gasteiger partial charge < -0.3 is 11.1 Å². The zero-order valence-electron chi connectivity index (χ0n) is 10.0. The second kappa shape index (κ2) is 6.15. The number of alkyl halides is 3. The summed E-state index contributed by atoms with van der Waals surface area (Å²) in [6.45, 7) is 2.47. The minimum Gasteiger partial charge on any atom is -0.329 e. The Morgan fingerprint density at radius 3 is 2.50 bits per heavy atom. The molecule has 0 aliphatic rings. The Morgan fingerprint density at radius 2 is 2.00 bits per heavy atom. The van der Waals surface area contributed by atoms with Gasteiger partial charge in [-0.3, -0.25) is 0 Å². The molecule has 1 rings (SSSR count). The molecule has 1 aromatic rings. The number of nitrogens with one attached hydrogen (secondary N) is 1. The molecule has 0 amide bonds. The van der Waals surface area contributed by atoms with Gasteiger partial charge >= 0.3 is 6.18 Å². The molecule has 0 bridgehead atoms. The van der Waals surface area contributed by atoms with Crippen molar-refractivity contribution in [1.82, 2.24) is 5.32 Å².